The lowest BCUT2D eigenvalue weighted by molar-refractivity contribution is -0.121. The van der Waals surface area contributed by atoms with E-state index in [-0.39, 0.29) is 11.7 Å². The molecule has 1 amide bonds. The van der Waals surface area contributed by atoms with Gasteiger partial charge in [0.05, 0.1) is 10.6 Å². The second kappa shape index (κ2) is 6.56. The largest absolute Gasteiger partial charge is 0.290 e. The van der Waals surface area contributed by atoms with Crippen molar-refractivity contribution in [3.05, 3.63) is 69.8 Å². The molecule has 0 aromatic heterocycles. The molecule has 0 N–H and O–H groups in total. The first-order chi connectivity index (χ1) is 11.0. The fourth-order valence-corrected chi connectivity index (χ4v) is 3.10. The second-order valence-electron chi connectivity index (χ2n) is 4.90. The van der Waals surface area contributed by atoms with Crippen molar-refractivity contribution in [2.75, 3.05) is 7.05 Å². The Morgan fingerprint density at radius 1 is 1.13 bits per heavy atom. The molecule has 0 bridgehead atoms. The molecule has 0 unspecified atom stereocenters. The van der Waals surface area contributed by atoms with E-state index in [9.17, 15) is 9.18 Å². The van der Waals surface area contributed by atoms with Crippen molar-refractivity contribution in [1.82, 2.24) is 4.90 Å². The molecule has 1 aliphatic heterocycles. The molecule has 0 radical (unpaired) electrons. The maximum Gasteiger partial charge on any atom is 0.266 e. The summed E-state index contributed by atoms with van der Waals surface area (Å²) in [4.78, 5) is 18.8. The van der Waals surface area contributed by atoms with Crippen LogP contribution in [0, 0.1) is 5.82 Å². The summed E-state index contributed by atoms with van der Waals surface area (Å²) >= 11 is 7.14. The zero-order valence-corrected chi connectivity index (χ0v) is 13.7. The van der Waals surface area contributed by atoms with Crippen LogP contribution in [0.5, 0.6) is 0 Å². The fourth-order valence-electron chi connectivity index (χ4n) is 1.99. The molecule has 6 heteroatoms. The van der Waals surface area contributed by atoms with Gasteiger partial charge >= 0.3 is 0 Å². The topological polar surface area (TPSA) is 32.7 Å². The number of benzene rings is 2. The number of amidine groups is 1. The van der Waals surface area contributed by atoms with Gasteiger partial charge in [0.25, 0.3) is 5.91 Å². The SMILES string of the molecule is CN1C(=O)/C(=C\c2ccc(Cl)cc2)SC1=Nc1ccc(F)cc1. The van der Waals surface area contributed by atoms with Crippen LogP contribution in [0.4, 0.5) is 10.1 Å². The van der Waals surface area contributed by atoms with E-state index >= 15 is 0 Å². The minimum atomic E-state index is -0.319. The van der Waals surface area contributed by atoms with E-state index in [0.29, 0.717) is 20.8 Å². The lowest BCUT2D eigenvalue weighted by atomic mass is 10.2. The monoisotopic (exact) mass is 346 g/mol. The van der Waals surface area contributed by atoms with Gasteiger partial charge in [0.1, 0.15) is 5.82 Å². The summed E-state index contributed by atoms with van der Waals surface area (Å²) in [6.45, 7) is 0. The predicted molar refractivity (Wildman–Crippen MR) is 93.3 cm³/mol. The number of carbonyl (C=O) groups excluding carboxylic acids is 1. The van der Waals surface area contributed by atoms with Gasteiger partial charge in [0.2, 0.25) is 0 Å². The molecule has 116 valence electrons. The fraction of sp³-hybridized carbons (Fsp3) is 0.0588. The summed E-state index contributed by atoms with van der Waals surface area (Å²) in [5.74, 6) is -0.438. The standard InChI is InChI=1S/C17H12ClFN2OS/c1-21-16(22)15(10-11-2-4-12(18)5-3-11)23-17(21)20-14-8-6-13(19)7-9-14/h2-10H,1H3/b15-10+,20-17?. The zero-order chi connectivity index (χ0) is 16.4. The molecule has 23 heavy (non-hydrogen) atoms. The molecule has 0 saturated carbocycles. The molecule has 3 nitrogen and oxygen atoms in total. The van der Waals surface area contributed by atoms with Crippen molar-refractivity contribution in [2.24, 2.45) is 4.99 Å². The van der Waals surface area contributed by atoms with E-state index in [0.717, 1.165) is 5.56 Å². The highest BCUT2D eigenvalue weighted by Crippen LogP contribution is 2.33. The third-order valence-corrected chi connectivity index (χ3v) is 4.53. The van der Waals surface area contributed by atoms with Crippen LogP contribution in [0.25, 0.3) is 6.08 Å². The van der Waals surface area contributed by atoms with Crippen molar-refractivity contribution < 1.29 is 9.18 Å². The molecule has 2 aromatic rings. The van der Waals surface area contributed by atoms with Crippen LogP contribution in [-0.4, -0.2) is 23.0 Å². The van der Waals surface area contributed by atoms with Crippen molar-refractivity contribution >= 4 is 46.2 Å². The summed E-state index contributed by atoms with van der Waals surface area (Å²) in [7, 11) is 1.67. The highest BCUT2D eigenvalue weighted by Gasteiger charge is 2.30. The number of likely N-dealkylation sites (N-methyl/N-ethyl adjacent to an activating group) is 1. The van der Waals surface area contributed by atoms with Crippen LogP contribution in [0.2, 0.25) is 5.02 Å². The molecule has 1 aliphatic rings. The number of thioether (sulfide) groups is 1. The lowest BCUT2D eigenvalue weighted by Crippen LogP contribution is -2.23. The van der Waals surface area contributed by atoms with E-state index in [1.165, 1.54) is 28.8 Å². The molecule has 3 rings (SSSR count). The van der Waals surface area contributed by atoms with Gasteiger partial charge in [0, 0.05) is 12.1 Å². The second-order valence-corrected chi connectivity index (χ2v) is 6.34. The van der Waals surface area contributed by atoms with Gasteiger partial charge < -0.3 is 0 Å². The Bertz CT molecular complexity index is 800. The molecule has 1 fully saturated rings. The minimum Gasteiger partial charge on any atom is -0.290 e. The average Bonchev–Trinajstić information content (AvgIpc) is 2.80. The van der Waals surface area contributed by atoms with Gasteiger partial charge in [-0.15, -0.1) is 0 Å². The van der Waals surface area contributed by atoms with Gasteiger partial charge in [-0.25, -0.2) is 9.38 Å². The average molecular weight is 347 g/mol. The Hall–Kier alpha value is -2.11. The Morgan fingerprint density at radius 2 is 1.78 bits per heavy atom. The van der Waals surface area contributed by atoms with Gasteiger partial charge in [-0.3, -0.25) is 9.69 Å². The zero-order valence-electron chi connectivity index (χ0n) is 12.2. The van der Waals surface area contributed by atoms with Crippen molar-refractivity contribution in [1.29, 1.82) is 0 Å². The first-order valence-corrected chi connectivity index (χ1v) is 8.00. The van der Waals surface area contributed by atoms with Crippen molar-refractivity contribution in [3.8, 4) is 0 Å². The lowest BCUT2D eigenvalue weighted by Gasteiger charge is -2.06. The Labute approximate surface area is 142 Å². The van der Waals surface area contributed by atoms with Gasteiger partial charge in [-0.05, 0) is 59.8 Å². The predicted octanol–water partition coefficient (Wildman–Crippen LogP) is 4.71. The van der Waals surface area contributed by atoms with Gasteiger partial charge in [-0.2, -0.15) is 0 Å². The molecular formula is C17H12ClFN2OS. The van der Waals surface area contributed by atoms with E-state index < -0.39 is 0 Å². The number of rotatable bonds is 2. The molecule has 0 aliphatic carbocycles. The smallest absolute Gasteiger partial charge is 0.266 e. The van der Waals surface area contributed by atoms with Crippen LogP contribution >= 0.6 is 23.4 Å². The molecule has 0 atom stereocenters. The number of aliphatic imine (C=N–C) groups is 1. The minimum absolute atomic E-state index is 0.120. The summed E-state index contributed by atoms with van der Waals surface area (Å²) in [5, 5.41) is 1.20. The highest BCUT2D eigenvalue weighted by molar-refractivity contribution is 8.18. The molecule has 1 saturated heterocycles. The van der Waals surface area contributed by atoms with Crippen LogP contribution in [0.1, 0.15) is 5.56 Å². The number of amides is 1. The van der Waals surface area contributed by atoms with Crippen LogP contribution in [0.3, 0.4) is 0 Å². The summed E-state index contributed by atoms with van der Waals surface area (Å²) < 4.78 is 12.9. The van der Waals surface area contributed by atoms with Crippen LogP contribution in [0.15, 0.2) is 58.4 Å². The first kappa shape index (κ1) is 15.8. The number of halogens is 2. The summed E-state index contributed by atoms with van der Waals surface area (Å²) in [5.41, 5.74) is 1.49. The summed E-state index contributed by atoms with van der Waals surface area (Å²) in [6.07, 6.45) is 1.80. The Balaban J connectivity index is 1.87. The molecule has 0 spiro atoms. The number of hydrogen-bond acceptors (Lipinski definition) is 3. The van der Waals surface area contributed by atoms with Crippen LogP contribution in [-0.2, 0) is 4.79 Å². The number of nitrogens with zero attached hydrogens (tertiary/aromatic N) is 2. The quantitative estimate of drug-likeness (QED) is 0.737. The Morgan fingerprint density at radius 3 is 2.43 bits per heavy atom. The van der Waals surface area contributed by atoms with Crippen molar-refractivity contribution in [2.45, 2.75) is 0 Å². The van der Waals surface area contributed by atoms with Crippen LogP contribution < -0.4 is 0 Å². The normalized spacial score (nSPS) is 18.2. The van der Waals surface area contributed by atoms with E-state index in [1.807, 2.05) is 12.1 Å². The van der Waals surface area contributed by atoms with E-state index in [4.69, 9.17) is 11.6 Å². The molecule has 2 aromatic carbocycles. The third kappa shape index (κ3) is 3.63. The van der Waals surface area contributed by atoms with E-state index in [2.05, 4.69) is 4.99 Å². The number of hydrogen-bond donors (Lipinski definition) is 0. The molecular weight excluding hydrogens is 335 g/mol. The maximum atomic E-state index is 12.9. The Kier molecular flexibility index (Phi) is 4.50. The third-order valence-electron chi connectivity index (χ3n) is 3.22. The maximum absolute atomic E-state index is 12.9. The van der Waals surface area contributed by atoms with E-state index in [1.54, 1.807) is 37.4 Å². The van der Waals surface area contributed by atoms with Crippen molar-refractivity contribution in [3.63, 3.8) is 0 Å². The number of carbonyl (C=O) groups is 1. The first-order valence-electron chi connectivity index (χ1n) is 6.80. The van der Waals surface area contributed by atoms with Gasteiger partial charge in [0.15, 0.2) is 5.17 Å². The van der Waals surface area contributed by atoms with Gasteiger partial charge in [-0.1, -0.05) is 23.7 Å². The molecule has 1 heterocycles. The highest BCUT2D eigenvalue weighted by atomic mass is 35.5. The summed E-state index contributed by atoms with van der Waals surface area (Å²) in [6, 6.07) is 13.1.